The van der Waals surface area contributed by atoms with E-state index in [9.17, 15) is 0 Å². The van der Waals surface area contributed by atoms with Gasteiger partial charge in [-0.1, -0.05) is 37.3 Å². The highest BCUT2D eigenvalue weighted by Crippen LogP contribution is 2.13. The Morgan fingerprint density at radius 2 is 1.73 bits per heavy atom. The summed E-state index contributed by atoms with van der Waals surface area (Å²) in [5.74, 6) is 3.69. The van der Waals surface area contributed by atoms with Crippen LogP contribution in [0.2, 0.25) is 0 Å². The summed E-state index contributed by atoms with van der Waals surface area (Å²) >= 11 is 9.23. The minimum atomic E-state index is 1.03. The van der Waals surface area contributed by atoms with Crippen LogP contribution < -0.4 is 0 Å². The molecule has 15 heavy (non-hydrogen) atoms. The molecule has 0 fully saturated rings. The van der Waals surface area contributed by atoms with Gasteiger partial charge in [-0.15, -0.1) is 0 Å². The number of nitrogens with zero attached hydrogens (tertiary/aromatic N) is 1. The first-order valence-electron chi connectivity index (χ1n) is 5.75. The van der Waals surface area contributed by atoms with Gasteiger partial charge in [-0.05, 0) is 26.0 Å². The normalized spacial score (nSPS) is 10.3. The average Bonchev–Trinajstić information content (AvgIpc) is 2.25. The molecule has 0 N–H and O–H groups in total. The van der Waals surface area contributed by atoms with E-state index in [1.165, 1.54) is 24.3 Å². The van der Waals surface area contributed by atoms with E-state index < -0.39 is 0 Å². The molecule has 0 amide bonds. The minimum Gasteiger partial charge on any atom is -0.358 e. The molecule has 4 heteroatoms. The Morgan fingerprint density at radius 1 is 1.07 bits per heavy atom. The van der Waals surface area contributed by atoms with Crippen LogP contribution in [0.1, 0.15) is 33.6 Å². The zero-order chi connectivity index (χ0) is 11.5. The maximum absolute atomic E-state index is 5.35. The molecule has 0 aromatic heterocycles. The Labute approximate surface area is 109 Å². The summed E-state index contributed by atoms with van der Waals surface area (Å²) in [4.78, 5) is 2.25. The summed E-state index contributed by atoms with van der Waals surface area (Å²) < 4.78 is 1.07. The third-order valence-electron chi connectivity index (χ3n) is 2.12. The fourth-order valence-electron chi connectivity index (χ4n) is 1.11. The molecule has 0 aromatic rings. The fourth-order valence-corrected chi connectivity index (χ4v) is 3.73. The summed E-state index contributed by atoms with van der Waals surface area (Å²) in [6.45, 7) is 8.63. The molecule has 0 saturated carbocycles. The number of rotatable bonds is 8. The summed E-state index contributed by atoms with van der Waals surface area (Å²) in [7, 11) is 0. The van der Waals surface area contributed by atoms with Crippen molar-refractivity contribution >= 4 is 40.1 Å². The van der Waals surface area contributed by atoms with Crippen molar-refractivity contribution in [2.45, 2.75) is 33.6 Å². The topological polar surface area (TPSA) is 3.24 Å². The maximum atomic E-state index is 5.35. The van der Waals surface area contributed by atoms with Crippen LogP contribution in [0, 0.1) is 0 Å². The average molecular weight is 266 g/mol. The molecule has 0 atom stereocenters. The first kappa shape index (κ1) is 15.6. The van der Waals surface area contributed by atoms with Crippen LogP contribution >= 0.6 is 35.7 Å². The SMILES string of the molecule is CCCCSCCSC(=S)N(CC)CC. The monoisotopic (exact) mass is 265 g/mol. The lowest BCUT2D eigenvalue weighted by molar-refractivity contribution is 0.482. The first-order valence-corrected chi connectivity index (χ1v) is 8.30. The summed E-state index contributed by atoms with van der Waals surface area (Å²) in [6.07, 6.45) is 2.65. The Balaban J connectivity index is 3.38. The van der Waals surface area contributed by atoms with Crippen LogP contribution in [0.4, 0.5) is 0 Å². The van der Waals surface area contributed by atoms with E-state index in [0.29, 0.717) is 0 Å². The summed E-state index contributed by atoms with van der Waals surface area (Å²) in [5, 5.41) is 0. The van der Waals surface area contributed by atoms with Crippen molar-refractivity contribution in [3.8, 4) is 0 Å². The lowest BCUT2D eigenvalue weighted by atomic mass is 10.4. The number of hydrogen-bond acceptors (Lipinski definition) is 3. The van der Waals surface area contributed by atoms with Gasteiger partial charge in [-0.25, -0.2) is 0 Å². The molecule has 0 aliphatic rings. The van der Waals surface area contributed by atoms with Crippen molar-refractivity contribution in [3.05, 3.63) is 0 Å². The van der Waals surface area contributed by atoms with E-state index in [2.05, 4.69) is 25.7 Å². The van der Waals surface area contributed by atoms with E-state index in [1.807, 2.05) is 23.5 Å². The molecule has 0 aliphatic carbocycles. The largest absolute Gasteiger partial charge is 0.358 e. The van der Waals surface area contributed by atoms with Crippen LogP contribution in [-0.2, 0) is 0 Å². The standard InChI is InChI=1S/C11H23NS3/c1-4-7-8-14-9-10-15-11(13)12(5-2)6-3/h4-10H2,1-3H3. The highest BCUT2D eigenvalue weighted by atomic mass is 32.2. The van der Waals surface area contributed by atoms with Crippen molar-refractivity contribution in [3.63, 3.8) is 0 Å². The van der Waals surface area contributed by atoms with Crippen LogP contribution in [0.15, 0.2) is 0 Å². The molecular formula is C11H23NS3. The fraction of sp³-hybridized carbons (Fsp3) is 0.909. The van der Waals surface area contributed by atoms with Crippen molar-refractivity contribution in [1.29, 1.82) is 0 Å². The predicted octanol–water partition coefficient (Wildman–Crippen LogP) is 3.88. The van der Waals surface area contributed by atoms with Gasteiger partial charge in [-0.2, -0.15) is 11.8 Å². The second-order valence-electron chi connectivity index (χ2n) is 3.25. The van der Waals surface area contributed by atoms with Crippen molar-refractivity contribution in [1.82, 2.24) is 4.90 Å². The summed E-state index contributed by atoms with van der Waals surface area (Å²) in [6, 6.07) is 0. The molecule has 0 aliphatic heterocycles. The van der Waals surface area contributed by atoms with Crippen LogP contribution in [0.3, 0.4) is 0 Å². The van der Waals surface area contributed by atoms with Crippen LogP contribution in [0.25, 0.3) is 0 Å². The van der Waals surface area contributed by atoms with Gasteiger partial charge in [0.1, 0.15) is 4.32 Å². The highest BCUT2D eigenvalue weighted by molar-refractivity contribution is 8.23. The third-order valence-corrected chi connectivity index (χ3v) is 4.97. The predicted molar refractivity (Wildman–Crippen MR) is 80.2 cm³/mol. The molecule has 0 heterocycles. The second kappa shape index (κ2) is 11.1. The molecule has 0 spiro atoms. The third kappa shape index (κ3) is 8.40. The van der Waals surface area contributed by atoms with Gasteiger partial charge in [0.15, 0.2) is 0 Å². The molecule has 0 aromatic carbocycles. The molecule has 0 unspecified atom stereocenters. The van der Waals surface area contributed by atoms with Gasteiger partial charge in [-0.3, -0.25) is 0 Å². The van der Waals surface area contributed by atoms with Gasteiger partial charge >= 0.3 is 0 Å². The molecule has 0 saturated heterocycles. The van der Waals surface area contributed by atoms with Crippen molar-refractivity contribution in [2.75, 3.05) is 30.3 Å². The first-order chi connectivity index (χ1) is 7.26. The number of thiocarbonyl (C=S) groups is 1. The molecule has 1 nitrogen and oxygen atoms in total. The zero-order valence-electron chi connectivity index (χ0n) is 10.1. The second-order valence-corrected chi connectivity index (χ2v) is 6.21. The molecule has 0 radical (unpaired) electrons. The minimum absolute atomic E-state index is 1.03. The van der Waals surface area contributed by atoms with E-state index in [-0.39, 0.29) is 0 Å². The lowest BCUT2D eigenvalue weighted by Crippen LogP contribution is -2.26. The molecule has 0 bridgehead atoms. The van der Waals surface area contributed by atoms with E-state index in [1.54, 1.807) is 0 Å². The number of unbranched alkanes of at least 4 members (excludes halogenated alkanes) is 1. The van der Waals surface area contributed by atoms with Gasteiger partial charge in [0.25, 0.3) is 0 Å². The van der Waals surface area contributed by atoms with Gasteiger partial charge in [0.05, 0.1) is 0 Å². The van der Waals surface area contributed by atoms with Crippen molar-refractivity contribution in [2.24, 2.45) is 0 Å². The lowest BCUT2D eigenvalue weighted by Gasteiger charge is -2.20. The maximum Gasteiger partial charge on any atom is 0.136 e. The smallest absolute Gasteiger partial charge is 0.136 e. The Kier molecular flexibility index (Phi) is 11.5. The molecule has 90 valence electrons. The highest BCUT2D eigenvalue weighted by Gasteiger charge is 2.04. The van der Waals surface area contributed by atoms with Crippen LogP contribution in [-0.4, -0.2) is 39.6 Å². The Bertz CT molecular complexity index is 158. The van der Waals surface area contributed by atoms with E-state index >= 15 is 0 Å². The Hall–Kier alpha value is 0.590. The van der Waals surface area contributed by atoms with Gasteiger partial charge in [0.2, 0.25) is 0 Å². The Morgan fingerprint density at radius 3 is 2.27 bits per heavy atom. The number of hydrogen-bond donors (Lipinski definition) is 0. The zero-order valence-corrected chi connectivity index (χ0v) is 12.6. The van der Waals surface area contributed by atoms with Crippen LogP contribution in [0.5, 0.6) is 0 Å². The summed E-state index contributed by atoms with van der Waals surface area (Å²) in [5.41, 5.74) is 0. The molecular weight excluding hydrogens is 242 g/mol. The van der Waals surface area contributed by atoms with Gasteiger partial charge < -0.3 is 4.90 Å². The quantitative estimate of drug-likeness (QED) is 0.484. The number of thioether (sulfide) groups is 2. The van der Waals surface area contributed by atoms with E-state index in [4.69, 9.17) is 12.2 Å². The van der Waals surface area contributed by atoms with E-state index in [0.717, 1.165) is 23.2 Å². The molecule has 0 rings (SSSR count). The van der Waals surface area contributed by atoms with Crippen molar-refractivity contribution < 1.29 is 0 Å². The van der Waals surface area contributed by atoms with Gasteiger partial charge in [0, 0.05) is 24.6 Å².